The molecular weight excluding hydrogens is 366 g/mol. The molecule has 1 fully saturated rings. The third-order valence-electron chi connectivity index (χ3n) is 5.43. The van der Waals surface area contributed by atoms with Crippen molar-refractivity contribution in [1.82, 2.24) is 15.5 Å². The summed E-state index contributed by atoms with van der Waals surface area (Å²) in [6, 6.07) is 15.9. The van der Waals surface area contributed by atoms with E-state index in [2.05, 4.69) is 87.4 Å². The molecule has 152 valence electrons. The Hall–Kier alpha value is -2.05. The zero-order valence-electron chi connectivity index (χ0n) is 17.3. The first kappa shape index (κ1) is 20.7. The molecule has 1 unspecified atom stereocenters. The Bertz CT molecular complexity index is 706. The van der Waals surface area contributed by atoms with Gasteiger partial charge in [0.2, 0.25) is 0 Å². The summed E-state index contributed by atoms with van der Waals surface area (Å²) in [5, 5.41) is 10.7. The highest BCUT2D eigenvalue weighted by molar-refractivity contribution is 7.14. The van der Waals surface area contributed by atoms with Crippen molar-refractivity contribution in [3.8, 4) is 0 Å². The number of guanidine groups is 1. The molecule has 28 heavy (non-hydrogen) atoms. The van der Waals surface area contributed by atoms with Crippen LogP contribution in [0.5, 0.6) is 0 Å². The van der Waals surface area contributed by atoms with Crippen molar-refractivity contribution >= 4 is 22.3 Å². The number of hydrogen-bond donors (Lipinski definition) is 2. The summed E-state index contributed by atoms with van der Waals surface area (Å²) >= 11 is 1.83. The summed E-state index contributed by atoms with van der Waals surface area (Å²) in [5.74, 6) is 0.912. The lowest BCUT2D eigenvalue weighted by Gasteiger charge is -2.34. The summed E-state index contributed by atoms with van der Waals surface area (Å²) in [5.41, 5.74) is 1.37. The van der Waals surface area contributed by atoms with E-state index in [1.807, 2.05) is 18.4 Å². The van der Waals surface area contributed by atoms with Gasteiger partial charge in [0.15, 0.2) is 5.96 Å². The lowest BCUT2D eigenvalue weighted by molar-refractivity contribution is 0.290. The molecule has 1 aliphatic heterocycles. The minimum absolute atomic E-state index is 0.418. The summed E-state index contributed by atoms with van der Waals surface area (Å²) in [6.45, 7) is 3.07. The molecule has 1 aliphatic rings. The number of rotatable bonds is 7. The van der Waals surface area contributed by atoms with Crippen LogP contribution in [0.2, 0.25) is 0 Å². The lowest BCUT2D eigenvalue weighted by atomic mass is 10.0. The number of aliphatic imine (C=N–C) groups is 1. The molecule has 0 spiro atoms. The van der Waals surface area contributed by atoms with Crippen LogP contribution in [-0.4, -0.2) is 63.7 Å². The maximum absolute atomic E-state index is 4.45. The van der Waals surface area contributed by atoms with Crippen LogP contribution in [0.15, 0.2) is 52.8 Å². The van der Waals surface area contributed by atoms with Gasteiger partial charge in [-0.3, -0.25) is 4.99 Å². The third-order valence-corrected chi connectivity index (χ3v) is 6.36. The van der Waals surface area contributed by atoms with E-state index < -0.39 is 0 Å². The van der Waals surface area contributed by atoms with Crippen molar-refractivity contribution in [3.05, 3.63) is 53.4 Å². The van der Waals surface area contributed by atoms with Gasteiger partial charge in [0.1, 0.15) is 0 Å². The molecule has 0 bridgehead atoms. The monoisotopic (exact) mass is 399 g/mol. The summed E-state index contributed by atoms with van der Waals surface area (Å²) in [4.78, 5) is 9.23. The van der Waals surface area contributed by atoms with Gasteiger partial charge in [0.05, 0.1) is 5.00 Å². The van der Waals surface area contributed by atoms with Crippen LogP contribution >= 0.6 is 11.3 Å². The highest BCUT2D eigenvalue weighted by Crippen LogP contribution is 2.24. The predicted molar refractivity (Wildman–Crippen MR) is 122 cm³/mol. The van der Waals surface area contributed by atoms with Crippen LogP contribution < -0.4 is 15.5 Å². The van der Waals surface area contributed by atoms with Crippen molar-refractivity contribution in [1.29, 1.82) is 0 Å². The predicted octanol–water partition coefficient (Wildman–Crippen LogP) is 3.05. The molecule has 6 heteroatoms. The van der Waals surface area contributed by atoms with Gasteiger partial charge in [0, 0.05) is 38.8 Å². The van der Waals surface area contributed by atoms with Gasteiger partial charge < -0.3 is 20.4 Å². The first-order valence-electron chi connectivity index (χ1n) is 10.1. The number of likely N-dealkylation sites (N-methyl/N-ethyl adjacent to an activating group) is 1. The molecule has 1 saturated heterocycles. The fraction of sp³-hybridized carbons (Fsp3) is 0.500. The first-order valence-corrected chi connectivity index (χ1v) is 11.0. The number of nitrogens with zero attached hydrogens (tertiary/aromatic N) is 3. The number of benzene rings is 1. The van der Waals surface area contributed by atoms with Gasteiger partial charge in [-0.05, 0) is 56.4 Å². The van der Waals surface area contributed by atoms with Gasteiger partial charge in [-0.1, -0.05) is 30.3 Å². The highest BCUT2D eigenvalue weighted by atomic mass is 32.1. The quantitative estimate of drug-likeness (QED) is 0.555. The van der Waals surface area contributed by atoms with E-state index >= 15 is 0 Å². The second kappa shape index (κ2) is 10.5. The number of nitrogens with one attached hydrogen (secondary N) is 2. The van der Waals surface area contributed by atoms with Crippen LogP contribution in [-0.2, 0) is 6.42 Å². The average molecular weight is 400 g/mol. The first-order chi connectivity index (χ1) is 13.7. The van der Waals surface area contributed by atoms with E-state index in [9.17, 15) is 0 Å². The molecule has 5 nitrogen and oxygen atoms in total. The topological polar surface area (TPSA) is 42.9 Å². The fourth-order valence-electron chi connectivity index (χ4n) is 3.62. The Balaban J connectivity index is 1.46. The van der Waals surface area contributed by atoms with Crippen molar-refractivity contribution in [2.24, 2.45) is 4.99 Å². The van der Waals surface area contributed by atoms with E-state index in [-0.39, 0.29) is 0 Å². The van der Waals surface area contributed by atoms with Gasteiger partial charge in [-0.25, -0.2) is 0 Å². The Kier molecular flexibility index (Phi) is 7.74. The standard InChI is InChI=1S/C22H33N5S/c1-23-22(24-17-20(26(2)3)16-18-8-5-4-6-9-18)25-19-11-13-27(14-12-19)21-10-7-15-28-21/h4-10,15,19-20H,11-14,16-17H2,1-3H3,(H2,23,24,25). The van der Waals surface area contributed by atoms with Crippen molar-refractivity contribution in [2.45, 2.75) is 31.3 Å². The number of anilines is 1. The largest absolute Gasteiger partial charge is 0.363 e. The second-order valence-corrected chi connectivity index (χ2v) is 8.54. The van der Waals surface area contributed by atoms with Crippen LogP contribution in [0.3, 0.4) is 0 Å². The SMILES string of the molecule is CN=C(NCC(Cc1ccccc1)N(C)C)NC1CCN(c2cccs2)CC1. The molecule has 0 amide bonds. The molecule has 2 aromatic rings. The zero-order valence-corrected chi connectivity index (χ0v) is 18.1. The minimum atomic E-state index is 0.418. The molecule has 0 radical (unpaired) electrons. The van der Waals surface area contributed by atoms with Crippen molar-refractivity contribution in [2.75, 3.05) is 45.7 Å². The van der Waals surface area contributed by atoms with E-state index in [4.69, 9.17) is 0 Å². The van der Waals surface area contributed by atoms with Crippen LogP contribution in [0, 0.1) is 0 Å². The maximum Gasteiger partial charge on any atom is 0.191 e. The van der Waals surface area contributed by atoms with Crippen LogP contribution in [0.4, 0.5) is 5.00 Å². The van der Waals surface area contributed by atoms with Gasteiger partial charge in [0.25, 0.3) is 0 Å². The average Bonchev–Trinajstić information content (AvgIpc) is 3.26. The smallest absolute Gasteiger partial charge is 0.191 e. The van der Waals surface area contributed by atoms with Gasteiger partial charge in [-0.15, -0.1) is 11.3 Å². The van der Waals surface area contributed by atoms with E-state index in [1.54, 1.807) is 0 Å². The maximum atomic E-state index is 4.45. The summed E-state index contributed by atoms with van der Waals surface area (Å²) in [6.07, 6.45) is 3.30. The van der Waals surface area contributed by atoms with Crippen molar-refractivity contribution in [3.63, 3.8) is 0 Å². The number of hydrogen-bond acceptors (Lipinski definition) is 4. The fourth-order valence-corrected chi connectivity index (χ4v) is 4.41. The molecule has 1 atom stereocenters. The molecule has 0 saturated carbocycles. The normalized spacial score (nSPS) is 17.0. The Morgan fingerprint density at radius 3 is 2.54 bits per heavy atom. The number of piperidine rings is 1. The Labute approximate surface area is 173 Å². The molecule has 1 aromatic carbocycles. The molecule has 3 rings (SSSR count). The van der Waals surface area contributed by atoms with E-state index in [0.717, 1.165) is 44.9 Å². The minimum Gasteiger partial charge on any atom is -0.363 e. The highest BCUT2D eigenvalue weighted by Gasteiger charge is 2.21. The molecule has 0 aliphatic carbocycles. The van der Waals surface area contributed by atoms with Crippen molar-refractivity contribution < 1.29 is 0 Å². The lowest BCUT2D eigenvalue weighted by Crippen LogP contribution is -2.51. The van der Waals surface area contributed by atoms with Crippen LogP contribution in [0.1, 0.15) is 18.4 Å². The third kappa shape index (κ3) is 5.97. The Morgan fingerprint density at radius 2 is 1.93 bits per heavy atom. The van der Waals surface area contributed by atoms with E-state index in [0.29, 0.717) is 12.1 Å². The molecule has 2 heterocycles. The molecular formula is C22H33N5S. The van der Waals surface area contributed by atoms with Gasteiger partial charge >= 0.3 is 0 Å². The second-order valence-electron chi connectivity index (χ2n) is 7.62. The summed E-state index contributed by atoms with van der Waals surface area (Å²) < 4.78 is 0. The zero-order chi connectivity index (χ0) is 19.8. The molecule has 1 aromatic heterocycles. The van der Waals surface area contributed by atoms with Crippen LogP contribution in [0.25, 0.3) is 0 Å². The van der Waals surface area contributed by atoms with E-state index in [1.165, 1.54) is 10.6 Å². The molecule has 2 N–H and O–H groups in total. The summed E-state index contributed by atoms with van der Waals surface area (Å²) in [7, 11) is 6.15. The number of thiophene rings is 1. The van der Waals surface area contributed by atoms with Gasteiger partial charge in [-0.2, -0.15) is 0 Å². The Morgan fingerprint density at radius 1 is 1.18 bits per heavy atom.